The summed E-state index contributed by atoms with van der Waals surface area (Å²) in [5, 5.41) is 0. The van der Waals surface area contributed by atoms with E-state index in [1.165, 1.54) is 0 Å². The van der Waals surface area contributed by atoms with Gasteiger partial charge in [-0.1, -0.05) is 34.1 Å². The van der Waals surface area contributed by atoms with Crippen LogP contribution in [0.5, 0.6) is 11.5 Å². The van der Waals surface area contributed by atoms with Gasteiger partial charge in [-0.15, -0.1) is 0 Å². The van der Waals surface area contributed by atoms with Gasteiger partial charge in [-0.05, 0) is 49.2 Å². The molecule has 3 nitrogen and oxygen atoms in total. The van der Waals surface area contributed by atoms with E-state index in [0.717, 1.165) is 27.1 Å². The molecule has 21 heavy (non-hydrogen) atoms. The highest BCUT2D eigenvalue weighted by molar-refractivity contribution is 9.10. The second kappa shape index (κ2) is 6.96. The molecule has 1 unspecified atom stereocenters. The summed E-state index contributed by atoms with van der Waals surface area (Å²) in [5.74, 6) is 1.64. The summed E-state index contributed by atoms with van der Waals surface area (Å²) in [7, 11) is 1.65. The molecule has 0 heterocycles. The van der Waals surface area contributed by atoms with Crippen LogP contribution in [0, 0.1) is 0 Å². The van der Waals surface area contributed by atoms with E-state index in [-0.39, 0.29) is 12.1 Å². The highest BCUT2D eigenvalue weighted by Crippen LogP contribution is 2.31. The van der Waals surface area contributed by atoms with Gasteiger partial charge in [0.2, 0.25) is 0 Å². The van der Waals surface area contributed by atoms with Crippen LogP contribution in [0.2, 0.25) is 0 Å². The van der Waals surface area contributed by atoms with Crippen LogP contribution in [0.1, 0.15) is 31.0 Å². The molecule has 0 aromatic heterocycles. The fourth-order valence-corrected chi connectivity index (χ4v) is 2.72. The van der Waals surface area contributed by atoms with Crippen molar-refractivity contribution in [3.8, 4) is 11.5 Å². The number of hydrogen-bond donors (Lipinski definition) is 1. The average molecular weight is 350 g/mol. The number of hydrogen-bond acceptors (Lipinski definition) is 3. The molecule has 1 atom stereocenters. The van der Waals surface area contributed by atoms with E-state index in [1.807, 2.05) is 56.3 Å². The summed E-state index contributed by atoms with van der Waals surface area (Å²) in [6.45, 7) is 4.01. The van der Waals surface area contributed by atoms with Gasteiger partial charge in [-0.25, -0.2) is 0 Å². The van der Waals surface area contributed by atoms with E-state index in [0.29, 0.717) is 0 Å². The zero-order valence-corrected chi connectivity index (χ0v) is 14.1. The Kier molecular flexibility index (Phi) is 5.26. The molecule has 0 saturated carbocycles. The SMILES string of the molecule is COc1ccc(C(N)c2cccc(OC(C)C)c2)c(Br)c1. The first kappa shape index (κ1) is 15.9. The van der Waals surface area contributed by atoms with Crippen LogP contribution < -0.4 is 15.2 Å². The lowest BCUT2D eigenvalue weighted by atomic mass is 9.99. The molecule has 0 saturated heterocycles. The molecule has 0 aliphatic rings. The van der Waals surface area contributed by atoms with Crippen LogP contribution in [-0.4, -0.2) is 13.2 Å². The lowest BCUT2D eigenvalue weighted by Gasteiger charge is -2.17. The third-order valence-corrected chi connectivity index (χ3v) is 3.82. The van der Waals surface area contributed by atoms with E-state index < -0.39 is 0 Å². The number of benzene rings is 2. The molecular formula is C17H20BrNO2. The summed E-state index contributed by atoms with van der Waals surface area (Å²) in [6, 6.07) is 13.5. The summed E-state index contributed by atoms with van der Waals surface area (Å²) in [5.41, 5.74) is 8.41. The van der Waals surface area contributed by atoms with Gasteiger partial charge in [0.15, 0.2) is 0 Å². The normalized spacial score (nSPS) is 12.3. The van der Waals surface area contributed by atoms with Crippen molar-refractivity contribution in [2.45, 2.75) is 26.0 Å². The Morgan fingerprint density at radius 1 is 1.05 bits per heavy atom. The molecule has 2 aromatic carbocycles. The van der Waals surface area contributed by atoms with E-state index in [2.05, 4.69) is 15.9 Å². The highest BCUT2D eigenvalue weighted by atomic mass is 79.9. The minimum Gasteiger partial charge on any atom is -0.497 e. The van der Waals surface area contributed by atoms with E-state index >= 15 is 0 Å². The minimum atomic E-state index is -0.221. The summed E-state index contributed by atoms with van der Waals surface area (Å²) >= 11 is 3.55. The molecule has 0 fully saturated rings. The van der Waals surface area contributed by atoms with Gasteiger partial charge in [0.05, 0.1) is 19.3 Å². The van der Waals surface area contributed by atoms with Crippen molar-refractivity contribution in [3.05, 3.63) is 58.1 Å². The second-order valence-electron chi connectivity index (χ2n) is 5.10. The molecule has 0 radical (unpaired) electrons. The van der Waals surface area contributed by atoms with Gasteiger partial charge in [-0.2, -0.15) is 0 Å². The topological polar surface area (TPSA) is 44.5 Å². The van der Waals surface area contributed by atoms with Crippen molar-refractivity contribution in [3.63, 3.8) is 0 Å². The van der Waals surface area contributed by atoms with Crippen molar-refractivity contribution >= 4 is 15.9 Å². The Morgan fingerprint density at radius 3 is 2.43 bits per heavy atom. The predicted octanol–water partition coefficient (Wildman–Crippen LogP) is 4.29. The van der Waals surface area contributed by atoms with Crippen molar-refractivity contribution < 1.29 is 9.47 Å². The molecule has 2 N–H and O–H groups in total. The molecule has 0 bridgehead atoms. The summed E-state index contributed by atoms with van der Waals surface area (Å²) in [6.07, 6.45) is 0.143. The van der Waals surface area contributed by atoms with Gasteiger partial charge >= 0.3 is 0 Å². The first-order valence-electron chi connectivity index (χ1n) is 6.87. The smallest absolute Gasteiger partial charge is 0.120 e. The number of methoxy groups -OCH3 is 1. The Morgan fingerprint density at radius 2 is 1.81 bits per heavy atom. The highest BCUT2D eigenvalue weighted by Gasteiger charge is 2.14. The van der Waals surface area contributed by atoms with Crippen LogP contribution in [0.4, 0.5) is 0 Å². The summed E-state index contributed by atoms with van der Waals surface area (Å²) < 4.78 is 11.9. The van der Waals surface area contributed by atoms with Gasteiger partial charge in [0.1, 0.15) is 11.5 Å². The second-order valence-corrected chi connectivity index (χ2v) is 5.96. The zero-order valence-electron chi connectivity index (χ0n) is 12.5. The number of nitrogens with two attached hydrogens (primary N) is 1. The van der Waals surface area contributed by atoms with Crippen molar-refractivity contribution in [2.75, 3.05) is 7.11 Å². The largest absolute Gasteiger partial charge is 0.497 e. The Balaban J connectivity index is 2.29. The first-order chi connectivity index (χ1) is 10.0. The van der Waals surface area contributed by atoms with Crippen LogP contribution in [0.15, 0.2) is 46.9 Å². The van der Waals surface area contributed by atoms with Crippen LogP contribution in [-0.2, 0) is 0 Å². The predicted molar refractivity (Wildman–Crippen MR) is 88.9 cm³/mol. The van der Waals surface area contributed by atoms with Crippen molar-refractivity contribution in [2.24, 2.45) is 5.73 Å². The van der Waals surface area contributed by atoms with Crippen molar-refractivity contribution in [1.82, 2.24) is 0 Å². The Labute approximate surface area is 134 Å². The quantitative estimate of drug-likeness (QED) is 0.875. The molecule has 112 valence electrons. The van der Waals surface area contributed by atoms with E-state index in [1.54, 1.807) is 7.11 Å². The van der Waals surface area contributed by atoms with Gasteiger partial charge in [-0.3, -0.25) is 0 Å². The maximum Gasteiger partial charge on any atom is 0.120 e. The summed E-state index contributed by atoms with van der Waals surface area (Å²) in [4.78, 5) is 0. The molecule has 2 rings (SSSR count). The average Bonchev–Trinajstić information content (AvgIpc) is 2.46. The molecule has 4 heteroatoms. The molecule has 0 spiro atoms. The van der Waals surface area contributed by atoms with Crippen LogP contribution >= 0.6 is 15.9 Å². The fraction of sp³-hybridized carbons (Fsp3) is 0.294. The molecule has 0 aliphatic carbocycles. The molecule has 0 aliphatic heterocycles. The Hall–Kier alpha value is -1.52. The van der Waals surface area contributed by atoms with Crippen LogP contribution in [0.25, 0.3) is 0 Å². The molecule has 0 amide bonds. The van der Waals surface area contributed by atoms with E-state index in [4.69, 9.17) is 15.2 Å². The van der Waals surface area contributed by atoms with Gasteiger partial charge in [0, 0.05) is 4.47 Å². The first-order valence-corrected chi connectivity index (χ1v) is 7.66. The molecule has 2 aromatic rings. The number of ether oxygens (including phenoxy) is 2. The fourth-order valence-electron chi connectivity index (χ4n) is 2.12. The lowest BCUT2D eigenvalue weighted by Crippen LogP contribution is -2.13. The minimum absolute atomic E-state index is 0.143. The number of halogens is 1. The van der Waals surface area contributed by atoms with Crippen LogP contribution in [0.3, 0.4) is 0 Å². The zero-order chi connectivity index (χ0) is 15.4. The maximum atomic E-state index is 6.38. The van der Waals surface area contributed by atoms with Crippen molar-refractivity contribution in [1.29, 1.82) is 0 Å². The van der Waals surface area contributed by atoms with Gasteiger partial charge < -0.3 is 15.2 Å². The monoisotopic (exact) mass is 349 g/mol. The van der Waals surface area contributed by atoms with Gasteiger partial charge in [0.25, 0.3) is 0 Å². The Bertz CT molecular complexity index is 613. The third-order valence-electron chi connectivity index (χ3n) is 3.13. The lowest BCUT2D eigenvalue weighted by molar-refractivity contribution is 0.242. The maximum absolute atomic E-state index is 6.38. The standard InChI is InChI=1S/C17H20BrNO2/c1-11(2)21-14-6-4-5-12(9-14)17(19)15-8-7-13(20-3)10-16(15)18/h4-11,17H,19H2,1-3H3. The third kappa shape index (κ3) is 3.99. The molecular weight excluding hydrogens is 330 g/mol. The van der Waals surface area contributed by atoms with E-state index in [9.17, 15) is 0 Å². The number of rotatable bonds is 5.